The Hall–Kier alpha value is -2.44. The molecule has 0 saturated carbocycles. The fourth-order valence-electron chi connectivity index (χ4n) is 3.41. The van der Waals surface area contributed by atoms with E-state index < -0.39 is 9.84 Å². The first-order valence-corrected chi connectivity index (χ1v) is 11.5. The second kappa shape index (κ2) is 9.37. The molecular formula is C23H29N3O2S. The quantitative estimate of drug-likeness (QED) is 0.531. The van der Waals surface area contributed by atoms with E-state index in [1.54, 1.807) is 6.20 Å². The number of sulfone groups is 1. The van der Waals surface area contributed by atoms with Crippen LogP contribution in [0.25, 0.3) is 0 Å². The molecule has 0 aliphatic carbocycles. The summed E-state index contributed by atoms with van der Waals surface area (Å²) in [4.78, 5) is 6.52. The number of imidazole rings is 1. The van der Waals surface area contributed by atoms with E-state index in [0.717, 1.165) is 17.8 Å². The van der Waals surface area contributed by atoms with Crippen LogP contribution < -0.4 is 0 Å². The summed E-state index contributed by atoms with van der Waals surface area (Å²) in [5.74, 6) is 0.274. The van der Waals surface area contributed by atoms with E-state index in [-0.39, 0.29) is 10.9 Å². The summed E-state index contributed by atoms with van der Waals surface area (Å²) in [7, 11) is -1.49. The smallest absolute Gasteiger partial charge is 0.228 e. The Morgan fingerprint density at radius 2 is 1.52 bits per heavy atom. The van der Waals surface area contributed by atoms with Crippen molar-refractivity contribution < 1.29 is 8.42 Å². The molecule has 0 aliphatic heterocycles. The summed E-state index contributed by atoms with van der Waals surface area (Å²) in [6, 6.07) is 19.5. The van der Waals surface area contributed by atoms with E-state index in [4.69, 9.17) is 0 Å². The van der Waals surface area contributed by atoms with Crippen LogP contribution in [0.15, 0.2) is 72.0 Å². The monoisotopic (exact) mass is 411 g/mol. The largest absolute Gasteiger partial charge is 0.317 e. The summed E-state index contributed by atoms with van der Waals surface area (Å²) in [5, 5.41) is 0.165. The molecule has 0 spiro atoms. The van der Waals surface area contributed by atoms with Crippen molar-refractivity contribution in [3.63, 3.8) is 0 Å². The van der Waals surface area contributed by atoms with Gasteiger partial charge in [0, 0.05) is 19.6 Å². The van der Waals surface area contributed by atoms with Crippen molar-refractivity contribution in [2.45, 2.75) is 44.4 Å². The van der Waals surface area contributed by atoms with Crippen molar-refractivity contribution in [3.05, 3.63) is 83.7 Å². The van der Waals surface area contributed by atoms with Crippen LogP contribution in [0.1, 0.15) is 30.7 Å². The van der Waals surface area contributed by atoms with E-state index in [9.17, 15) is 8.42 Å². The van der Waals surface area contributed by atoms with Gasteiger partial charge in [0.1, 0.15) is 0 Å². The van der Waals surface area contributed by atoms with Gasteiger partial charge in [0.15, 0.2) is 0 Å². The number of benzene rings is 2. The van der Waals surface area contributed by atoms with Crippen molar-refractivity contribution in [2.24, 2.45) is 5.92 Å². The van der Waals surface area contributed by atoms with Gasteiger partial charge in [-0.25, -0.2) is 13.4 Å². The molecule has 3 aromatic rings. The lowest BCUT2D eigenvalue weighted by Crippen LogP contribution is -2.22. The SMILES string of the molecule is CC(C)Cn1c(CN(C)Cc2ccccc2)cnc1S(=O)(=O)Cc1ccccc1. The Labute approximate surface area is 173 Å². The molecule has 0 amide bonds. The third kappa shape index (κ3) is 5.78. The molecule has 0 saturated heterocycles. The molecule has 0 aliphatic rings. The molecule has 2 aromatic carbocycles. The van der Waals surface area contributed by atoms with E-state index in [2.05, 4.69) is 35.9 Å². The minimum absolute atomic E-state index is 0.0394. The summed E-state index contributed by atoms with van der Waals surface area (Å²) in [6.45, 7) is 6.23. The maximum Gasteiger partial charge on any atom is 0.228 e. The second-order valence-electron chi connectivity index (χ2n) is 7.94. The van der Waals surface area contributed by atoms with Crippen molar-refractivity contribution in [3.8, 4) is 0 Å². The molecule has 1 heterocycles. The molecule has 0 N–H and O–H groups in total. The highest BCUT2D eigenvalue weighted by Crippen LogP contribution is 2.20. The van der Waals surface area contributed by atoms with Gasteiger partial charge in [0.05, 0.1) is 17.6 Å². The van der Waals surface area contributed by atoms with Gasteiger partial charge in [-0.05, 0) is 24.1 Å². The first-order valence-electron chi connectivity index (χ1n) is 9.88. The van der Waals surface area contributed by atoms with Crippen LogP contribution in [0.4, 0.5) is 0 Å². The third-order valence-corrected chi connectivity index (χ3v) is 6.25. The van der Waals surface area contributed by atoms with Crippen LogP contribution in [-0.2, 0) is 35.2 Å². The molecule has 0 unspecified atom stereocenters. The molecule has 29 heavy (non-hydrogen) atoms. The van der Waals surface area contributed by atoms with Crippen LogP contribution >= 0.6 is 0 Å². The van der Waals surface area contributed by atoms with Gasteiger partial charge in [-0.1, -0.05) is 74.5 Å². The summed E-state index contributed by atoms with van der Waals surface area (Å²) >= 11 is 0. The van der Waals surface area contributed by atoms with Crippen molar-refractivity contribution in [2.75, 3.05) is 7.05 Å². The normalized spacial score (nSPS) is 12.0. The van der Waals surface area contributed by atoms with Crippen molar-refractivity contribution in [1.29, 1.82) is 0 Å². The maximum atomic E-state index is 13.1. The van der Waals surface area contributed by atoms with Crippen LogP contribution in [0.5, 0.6) is 0 Å². The zero-order valence-corrected chi connectivity index (χ0v) is 18.1. The van der Waals surface area contributed by atoms with Gasteiger partial charge >= 0.3 is 0 Å². The van der Waals surface area contributed by atoms with Gasteiger partial charge in [-0.2, -0.15) is 0 Å². The Morgan fingerprint density at radius 3 is 2.10 bits per heavy atom. The van der Waals surface area contributed by atoms with E-state index >= 15 is 0 Å². The van der Waals surface area contributed by atoms with Crippen LogP contribution in [0.3, 0.4) is 0 Å². The third-order valence-electron chi connectivity index (χ3n) is 4.65. The Bertz CT molecular complexity index is 1010. The predicted octanol–water partition coefficient (Wildman–Crippen LogP) is 4.15. The lowest BCUT2D eigenvalue weighted by molar-refractivity contribution is 0.304. The van der Waals surface area contributed by atoms with Gasteiger partial charge < -0.3 is 4.57 Å². The first kappa shape index (κ1) is 21.3. The lowest BCUT2D eigenvalue weighted by Gasteiger charge is -2.20. The summed E-state index contributed by atoms with van der Waals surface area (Å²) < 4.78 is 28.1. The molecule has 0 fully saturated rings. The number of aromatic nitrogens is 2. The second-order valence-corrected chi connectivity index (χ2v) is 9.82. The summed E-state index contributed by atoms with van der Waals surface area (Å²) in [5.41, 5.74) is 2.92. The average Bonchev–Trinajstić information content (AvgIpc) is 3.05. The van der Waals surface area contributed by atoms with Gasteiger partial charge in [0.25, 0.3) is 0 Å². The summed E-state index contributed by atoms with van der Waals surface area (Å²) in [6.07, 6.45) is 1.71. The highest BCUT2D eigenvalue weighted by Gasteiger charge is 2.24. The van der Waals surface area contributed by atoms with E-state index in [1.807, 2.05) is 60.1 Å². The maximum absolute atomic E-state index is 13.1. The minimum atomic E-state index is -3.53. The van der Waals surface area contributed by atoms with Crippen molar-refractivity contribution >= 4 is 9.84 Å². The van der Waals surface area contributed by atoms with Gasteiger partial charge in [0.2, 0.25) is 15.0 Å². The van der Waals surface area contributed by atoms with E-state index in [0.29, 0.717) is 19.0 Å². The number of rotatable bonds is 9. The first-order chi connectivity index (χ1) is 13.8. The van der Waals surface area contributed by atoms with Crippen molar-refractivity contribution in [1.82, 2.24) is 14.5 Å². The van der Waals surface area contributed by atoms with Gasteiger partial charge in [-0.15, -0.1) is 0 Å². The predicted molar refractivity (Wildman–Crippen MR) is 116 cm³/mol. The minimum Gasteiger partial charge on any atom is -0.317 e. The van der Waals surface area contributed by atoms with Crippen LogP contribution in [-0.4, -0.2) is 29.9 Å². The fraction of sp³-hybridized carbons (Fsp3) is 0.348. The fourth-order valence-corrected chi connectivity index (χ4v) is 4.91. The molecule has 0 bridgehead atoms. The Balaban J connectivity index is 1.84. The molecule has 0 radical (unpaired) electrons. The van der Waals surface area contributed by atoms with E-state index in [1.165, 1.54) is 5.56 Å². The highest BCUT2D eigenvalue weighted by molar-refractivity contribution is 7.90. The lowest BCUT2D eigenvalue weighted by atomic mass is 10.2. The van der Waals surface area contributed by atoms with Crippen LogP contribution in [0.2, 0.25) is 0 Å². The Kier molecular flexibility index (Phi) is 6.87. The number of nitrogens with zero attached hydrogens (tertiary/aromatic N) is 3. The molecule has 154 valence electrons. The number of hydrogen-bond donors (Lipinski definition) is 0. The standard InChI is InChI=1S/C23H29N3O2S/c1-19(2)15-26-22(17-25(3)16-20-10-6-4-7-11-20)14-24-23(26)29(27,28)18-21-12-8-5-9-13-21/h4-14,19H,15-18H2,1-3H3. The molecular weight excluding hydrogens is 382 g/mol. The average molecular weight is 412 g/mol. The molecule has 5 nitrogen and oxygen atoms in total. The topological polar surface area (TPSA) is 55.2 Å². The Morgan fingerprint density at radius 1 is 0.931 bits per heavy atom. The van der Waals surface area contributed by atoms with Crippen LogP contribution in [0, 0.1) is 5.92 Å². The zero-order chi connectivity index (χ0) is 20.9. The molecule has 3 rings (SSSR count). The highest BCUT2D eigenvalue weighted by atomic mass is 32.2. The zero-order valence-electron chi connectivity index (χ0n) is 17.3. The number of hydrogen-bond acceptors (Lipinski definition) is 4. The molecule has 0 atom stereocenters. The molecule has 1 aromatic heterocycles. The molecule has 6 heteroatoms. The van der Waals surface area contributed by atoms with Gasteiger partial charge in [-0.3, -0.25) is 4.90 Å².